The van der Waals surface area contributed by atoms with Gasteiger partial charge < -0.3 is 5.32 Å². The van der Waals surface area contributed by atoms with Gasteiger partial charge >= 0.3 is 0 Å². The van der Waals surface area contributed by atoms with E-state index >= 15 is 0 Å². The predicted molar refractivity (Wildman–Crippen MR) is 89.7 cm³/mol. The van der Waals surface area contributed by atoms with Crippen molar-refractivity contribution in [1.29, 1.82) is 0 Å². The molecule has 0 heterocycles. The molecule has 0 bridgehead atoms. The summed E-state index contributed by atoms with van der Waals surface area (Å²) < 4.78 is 0. The highest BCUT2D eigenvalue weighted by Crippen LogP contribution is 2.30. The van der Waals surface area contributed by atoms with Crippen LogP contribution in [-0.4, -0.2) is 5.91 Å². The van der Waals surface area contributed by atoms with Gasteiger partial charge in [0, 0.05) is 6.42 Å². The van der Waals surface area contributed by atoms with Crippen LogP contribution in [0.2, 0.25) is 0 Å². The third kappa shape index (κ3) is 3.38. The second-order valence-corrected chi connectivity index (χ2v) is 6.23. The minimum atomic E-state index is 0.151. The molecule has 2 aromatic carbocycles. The molecule has 0 aromatic heterocycles. The molecule has 0 fully saturated rings. The topological polar surface area (TPSA) is 29.1 Å². The van der Waals surface area contributed by atoms with Gasteiger partial charge in [0.05, 0.1) is 6.04 Å². The number of carbonyl (C=O) groups is 1. The van der Waals surface area contributed by atoms with Gasteiger partial charge in [-0.1, -0.05) is 61.5 Å². The average Bonchev–Trinajstić information content (AvgIpc) is 2.56. The Bertz CT molecular complexity index is 635. The van der Waals surface area contributed by atoms with Crippen molar-refractivity contribution in [2.75, 3.05) is 0 Å². The first kappa shape index (κ1) is 14.8. The first-order valence-corrected chi connectivity index (χ1v) is 8.16. The van der Waals surface area contributed by atoms with Crippen LogP contribution in [0.1, 0.15) is 54.8 Å². The summed E-state index contributed by atoms with van der Waals surface area (Å²) in [7, 11) is 0. The van der Waals surface area contributed by atoms with E-state index < -0.39 is 0 Å². The van der Waals surface area contributed by atoms with Crippen molar-refractivity contribution >= 4 is 5.91 Å². The number of benzene rings is 2. The number of carbonyl (C=O) groups excluding carboxylic acids is 1. The first-order valence-electron chi connectivity index (χ1n) is 8.16. The Balaban J connectivity index is 1.63. The molecule has 3 rings (SSSR count). The summed E-state index contributed by atoms with van der Waals surface area (Å²) in [4.78, 5) is 12.4. The van der Waals surface area contributed by atoms with E-state index in [0.29, 0.717) is 6.42 Å². The molecule has 2 atom stereocenters. The minimum absolute atomic E-state index is 0.151. The Morgan fingerprint density at radius 3 is 2.68 bits per heavy atom. The van der Waals surface area contributed by atoms with Gasteiger partial charge in [-0.15, -0.1) is 0 Å². The van der Waals surface area contributed by atoms with Crippen LogP contribution < -0.4 is 5.32 Å². The molecule has 114 valence electrons. The Morgan fingerprint density at radius 1 is 1.14 bits per heavy atom. The van der Waals surface area contributed by atoms with E-state index in [1.54, 1.807) is 0 Å². The fraction of sp³-hybridized carbons (Fsp3) is 0.350. The molecular formula is C20H23NO. The van der Waals surface area contributed by atoms with Gasteiger partial charge in [-0.05, 0) is 41.9 Å². The highest BCUT2D eigenvalue weighted by Gasteiger charge is 2.22. The third-order valence-electron chi connectivity index (χ3n) is 4.56. The van der Waals surface area contributed by atoms with Crippen LogP contribution in [0.5, 0.6) is 0 Å². The van der Waals surface area contributed by atoms with E-state index in [9.17, 15) is 4.79 Å². The van der Waals surface area contributed by atoms with Gasteiger partial charge in [-0.25, -0.2) is 0 Å². The molecule has 1 aliphatic carbocycles. The molecule has 2 aromatic rings. The highest BCUT2D eigenvalue weighted by atomic mass is 16.1. The largest absolute Gasteiger partial charge is 0.349 e. The second kappa shape index (κ2) is 6.78. The van der Waals surface area contributed by atoms with Gasteiger partial charge in [0.15, 0.2) is 0 Å². The maximum atomic E-state index is 12.4. The molecule has 2 heteroatoms. The van der Waals surface area contributed by atoms with Gasteiger partial charge in [-0.3, -0.25) is 4.79 Å². The SMILES string of the molecule is C[C@@H](CC(=O)N[C@H]1CCCc2ccccc21)c1ccccc1. The molecule has 0 saturated heterocycles. The van der Waals surface area contributed by atoms with Crippen LogP contribution in [-0.2, 0) is 11.2 Å². The zero-order valence-corrected chi connectivity index (χ0v) is 13.1. The van der Waals surface area contributed by atoms with E-state index in [1.807, 2.05) is 18.2 Å². The zero-order chi connectivity index (χ0) is 15.4. The molecular weight excluding hydrogens is 270 g/mol. The molecule has 2 nitrogen and oxygen atoms in total. The van der Waals surface area contributed by atoms with Crippen LogP contribution in [0.25, 0.3) is 0 Å². The Labute approximate surface area is 132 Å². The molecule has 0 spiro atoms. The average molecular weight is 293 g/mol. The lowest BCUT2D eigenvalue weighted by atomic mass is 9.87. The van der Waals surface area contributed by atoms with E-state index in [4.69, 9.17) is 0 Å². The monoisotopic (exact) mass is 293 g/mol. The van der Waals surface area contributed by atoms with Crippen LogP contribution >= 0.6 is 0 Å². The lowest BCUT2D eigenvalue weighted by Gasteiger charge is -2.27. The van der Waals surface area contributed by atoms with Crippen LogP contribution in [0.3, 0.4) is 0 Å². The minimum Gasteiger partial charge on any atom is -0.349 e. The summed E-state index contributed by atoms with van der Waals surface area (Å²) in [6.45, 7) is 2.11. The van der Waals surface area contributed by atoms with Gasteiger partial charge in [0.1, 0.15) is 0 Å². The number of fused-ring (bicyclic) bond motifs is 1. The second-order valence-electron chi connectivity index (χ2n) is 6.23. The molecule has 1 N–H and O–H groups in total. The molecule has 0 saturated carbocycles. The van der Waals surface area contributed by atoms with Crippen LogP contribution in [0.15, 0.2) is 54.6 Å². The van der Waals surface area contributed by atoms with E-state index in [1.165, 1.54) is 16.7 Å². The highest BCUT2D eigenvalue weighted by molar-refractivity contribution is 5.77. The fourth-order valence-electron chi connectivity index (χ4n) is 3.33. The quantitative estimate of drug-likeness (QED) is 0.891. The standard InChI is InChI=1S/C20H23NO/c1-15(16-8-3-2-4-9-16)14-20(22)21-19-13-7-11-17-10-5-6-12-18(17)19/h2-6,8-10,12,15,19H,7,11,13-14H2,1H3,(H,21,22)/t15-,19-/m0/s1. The van der Waals surface area contributed by atoms with Crippen molar-refractivity contribution in [2.45, 2.75) is 44.6 Å². The van der Waals surface area contributed by atoms with Gasteiger partial charge in [-0.2, -0.15) is 0 Å². The smallest absolute Gasteiger partial charge is 0.221 e. The predicted octanol–water partition coefficient (Wildman–Crippen LogP) is 4.37. The van der Waals surface area contributed by atoms with Crippen molar-refractivity contribution < 1.29 is 4.79 Å². The van der Waals surface area contributed by atoms with Crippen molar-refractivity contribution in [3.63, 3.8) is 0 Å². The molecule has 0 unspecified atom stereocenters. The number of hydrogen-bond acceptors (Lipinski definition) is 1. The Kier molecular flexibility index (Phi) is 4.57. The maximum absolute atomic E-state index is 12.4. The number of hydrogen-bond donors (Lipinski definition) is 1. The fourth-order valence-corrected chi connectivity index (χ4v) is 3.33. The number of amides is 1. The first-order chi connectivity index (χ1) is 10.7. The molecule has 1 amide bonds. The lowest BCUT2D eigenvalue weighted by Crippen LogP contribution is -2.31. The molecule has 0 radical (unpaired) electrons. The normalized spacial score (nSPS) is 18.3. The Hall–Kier alpha value is -2.09. The van der Waals surface area contributed by atoms with E-state index in [2.05, 4.69) is 48.6 Å². The molecule has 22 heavy (non-hydrogen) atoms. The number of rotatable bonds is 4. The summed E-state index contributed by atoms with van der Waals surface area (Å²) in [5, 5.41) is 3.24. The van der Waals surface area contributed by atoms with Crippen molar-refractivity contribution in [2.24, 2.45) is 0 Å². The summed E-state index contributed by atoms with van der Waals surface area (Å²) in [6, 6.07) is 18.9. The van der Waals surface area contributed by atoms with Crippen LogP contribution in [0.4, 0.5) is 0 Å². The van der Waals surface area contributed by atoms with Gasteiger partial charge in [0.25, 0.3) is 0 Å². The van der Waals surface area contributed by atoms with Crippen LogP contribution in [0, 0.1) is 0 Å². The van der Waals surface area contributed by atoms with E-state index in [-0.39, 0.29) is 17.9 Å². The number of aryl methyl sites for hydroxylation is 1. The number of nitrogens with one attached hydrogen (secondary N) is 1. The summed E-state index contributed by atoms with van der Waals surface area (Å²) in [5.41, 5.74) is 3.91. The van der Waals surface area contributed by atoms with E-state index in [0.717, 1.165) is 19.3 Å². The summed E-state index contributed by atoms with van der Waals surface area (Å²) in [5.74, 6) is 0.401. The molecule has 1 aliphatic rings. The Morgan fingerprint density at radius 2 is 1.86 bits per heavy atom. The van der Waals surface area contributed by atoms with Crippen molar-refractivity contribution in [3.8, 4) is 0 Å². The maximum Gasteiger partial charge on any atom is 0.221 e. The molecule has 0 aliphatic heterocycles. The zero-order valence-electron chi connectivity index (χ0n) is 13.1. The third-order valence-corrected chi connectivity index (χ3v) is 4.56. The lowest BCUT2D eigenvalue weighted by molar-refractivity contribution is -0.122. The van der Waals surface area contributed by atoms with Crippen molar-refractivity contribution in [1.82, 2.24) is 5.32 Å². The summed E-state index contributed by atoms with van der Waals surface area (Å²) in [6.07, 6.45) is 3.87. The van der Waals surface area contributed by atoms with Gasteiger partial charge in [0.2, 0.25) is 5.91 Å². The summed E-state index contributed by atoms with van der Waals surface area (Å²) >= 11 is 0. The van der Waals surface area contributed by atoms with Crippen molar-refractivity contribution in [3.05, 3.63) is 71.3 Å².